The highest BCUT2D eigenvalue weighted by Gasteiger charge is 2.16. The molecule has 0 fully saturated rings. The highest BCUT2D eigenvalue weighted by molar-refractivity contribution is 5.93. The highest BCUT2D eigenvalue weighted by Crippen LogP contribution is 2.20. The van der Waals surface area contributed by atoms with Gasteiger partial charge in [-0.1, -0.05) is 36.4 Å². The number of carbonyl (C=O) groups is 1. The van der Waals surface area contributed by atoms with E-state index in [1.165, 1.54) is 0 Å². The van der Waals surface area contributed by atoms with E-state index in [1.807, 2.05) is 56.3 Å². The quantitative estimate of drug-likeness (QED) is 0.932. The maximum absolute atomic E-state index is 12.4. The van der Waals surface area contributed by atoms with Gasteiger partial charge in [-0.2, -0.15) is 0 Å². The van der Waals surface area contributed by atoms with Gasteiger partial charge in [-0.3, -0.25) is 4.79 Å². The number of anilines is 1. The number of carbonyl (C=O) groups excluding carboxylic acids is 1. The van der Waals surface area contributed by atoms with Crippen molar-refractivity contribution in [3.63, 3.8) is 0 Å². The molecule has 2 aromatic carbocycles. The first-order valence-corrected chi connectivity index (χ1v) is 7.13. The van der Waals surface area contributed by atoms with Crippen LogP contribution >= 0.6 is 12.4 Å². The van der Waals surface area contributed by atoms with E-state index in [-0.39, 0.29) is 24.4 Å². The molecule has 0 aromatic heterocycles. The Labute approximate surface area is 138 Å². The zero-order valence-corrected chi connectivity index (χ0v) is 14.1. The van der Waals surface area contributed by atoms with Crippen molar-refractivity contribution < 1.29 is 4.79 Å². The van der Waals surface area contributed by atoms with Gasteiger partial charge in [0.2, 0.25) is 5.91 Å². The van der Waals surface area contributed by atoms with Crippen LogP contribution in [0.25, 0.3) is 0 Å². The van der Waals surface area contributed by atoms with Gasteiger partial charge in [0, 0.05) is 25.2 Å². The molecule has 1 amide bonds. The Morgan fingerprint density at radius 1 is 1.09 bits per heavy atom. The number of nitrogens with two attached hydrogens (primary N) is 1. The lowest BCUT2D eigenvalue weighted by Gasteiger charge is -2.21. The number of halogens is 1. The van der Waals surface area contributed by atoms with Crippen LogP contribution in [0.2, 0.25) is 0 Å². The van der Waals surface area contributed by atoms with E-state index in [0.29, 0.717) is 6.42 Å². The number of hydrogen-bond acceptors (Lipinski definition) is 2. The van der Waals surface area contributed by atoms with Crippen molar-refractivity contribution >= 4 is 24.0 Å². The molecule has 2 N–H and O–H groups in total. The van der Waals surface area contributed by atoms with E-state index in [0.717, 1.165) is 22.4 Å². The van der Waals surface area contributed by atoms with Crippen LogP contribution in [0.15, 0.2) is 48.5 Å². The molecule has 0 heterocycles. The molecule has 2 aromatic rings. The first-order valence-electron chi connectivity index (χ1n) is 7.13. The van der Waals surface area contributed by atoms with Crippen LogP contribution in [-0.4, -0.2) is 13.0 Å². The average Bonchev–Trinajstić information content (AvgIpc) is 2.46. The Balaban J connectivity index is 0.00000242. The van der Waals surface area contributed by atoms with Crippen LogP contribution in [0.3, 0.4) is 0 Å². The van der Waals surface area contributed by atoms with Gasteiger partial charge in [-0.25, -0.2) is 0 Å². The van der Waals surface area contributed by atoms with Crippen molar-refractivity contribution in [2.24, 2.45) is 5.73 Å². The largest absolute Gasteiger partial charge is 0.324 e. The van der Waals surface area contributed by atoms with E-state index >= 15 is 0 Å². The number of benzene rings is 2. The van der Waals surface area contributed by atoms with Crippen LogP contribution in [0.4, 0.5) is 5.69 Å². The van der Waals surface area contributed by atoms with Crippen molar-refractivity contribution in [3.8, 4) is 0 Å². The molecule has 0 saturated carbocycles. The third-order valence-corrected chi connectivity index (χ3v) is 3.59. The van der Waals surface area contributed by atoms with Crippen LogP contribution < -0.4 is 10.6 Å². The lowest BCUT2D eigenvalue weighted by atomic mass is 10.0. The summed E-state index contributed by atoms with van der Waals surface area (Å²) in [5.74, 6) is 0.0244. The fourth-order valence-corrected chi connectivity index (χ4v) is 2.43. The van der Waals surface area contributed by atoms with E-state index in [1.54, 1.807) is 11.9 Å². The summed E-state index contributed by atoms with van der Waals surface area (Å²) >= 11 is 0. The van der Waals surface area contributed by atoms with Crippen LogP contribution in [-0.2, 0) is 4.79 Å². The van der Waals surface area contributed by atoms with Crippen LogP contribution in [0.5, 0.6) is 0 Å². The minimum Gasteiger partial charge on any atom is -0.324 e. The van der Waals surface area contributed by atoms with Gasteiger partial charge >= 0.3 is 0 Å². The fraction of sp³-hybridized carbons (Fsp3) is 0.278. The standard InChI is InChI=1S/C18H22N2O.ClH/c1-13-9-14(2)11-16(10-13)20(3)18(21)12-17(19)15-7-5-4-6-8-15;/h4-11,17H,12,19H2,1-3H3;1H. The first kappa shape index (κ1) is 18.2. The van der Waals surface area contributed by atoms with E-state index in [2.05, 4.69) is 6.07 Å². The number of nitrogens with zero attached hydrogens (tertiary/aromatic N) is 1. The lowest BCUT2D eigenvalue weighted by molar-refractivity contribution is -0.118. The lowest BCUT2D eigenvalue weighted by Crippen LogP contribution is -2.29. The van der Waals surface area contributed by atoms with Gasteiger partial charge in [0.15, 0.2) is 0 Å². The molecule has 22 heavy (non-hydrogen) atoms. The van der Waals surface area contributed by atoms with E-state index in [4.69, 9.17) is 5.73 Å². The monoisotopic (exact) mass is 318 g/mol. The van der Waals surface area contributed by atoms with Crippen molar-refractivity contribution in [2.75, 3.05) is 11.9 Å². The summed E-state index contributed by atoms with van der Waals surface area (Å²) in [6.07, 6.45) is 0.299. The smallest absolute Gasteiger partial charge is 0.228 e. The molecule has 0 bridgehead atoms. The molecule has 1 unspecified atom stereocenters. The molecular formula is C18H23ClN2O. The molecule has 0 aliphatic rings. The minimum atomic E-state index is -0.271. The fourth-order valence-electron chi connectivity index (χ4n) is 2.43. The van der Waals surface area contributed by atoms with Gasteiger partial charge in [-0.05, 0) is 42.7 Å². The molecule has 118 valence electrons. The summed E-state index contributed by atoms with van der Waals surface area (Å²) in [7, 11) is 1.80. The van der Waals surface area contributed by atoms with Crippen molar-refractivity contribution in [3.05, 3.63) is 65.2 Å². The van der Waals surface area contributed by atoms with Crippen molar-refractivity contribution in [1.29, 1.82) is 0 Å². The number of hydrogen-bond donors (Lipinski definition) is 1. The second-order valence-corrected chi connectivity index (χ2v) is 5.52. The van der Waals surface area contributed by atoms with Crippen molar-refractivity contribution in [1.82, 2.24) is 0 Å². The molecule has 0 aliphatic carbocycles. The second kappa shape index (κ2) is 7.97. The summed E-state index contributed by atoms with van der Waals surface area (Å²) in [5.41, 5.74) is 10.3. The topological polar surface area (TPSA) is 46.3 Å². The van der Waals surface area contributed by atoms with Gasteiger partial charge in [-0.15, -0.1) is 12.4 Å². The van der Waals surface area contributed by atoms with Gasteiger partial charge in [0.25, 0.3) is 0 Å². The normalized spacial score (nSPS) is 11.5. The van der Waals surface area contributed by atoms with Gasteiger partial charge in [0.1, 0.15) is 0 Å². The highest BCUT2D eigenvalue weighted by atomic mass is 35.5. The Morgan fingerprint density at radius 3 is 2.18 bits per heavy atom. The number of amides is 1. The third kappa shape index (κ3) is 4.58. The molecule has 0 radical (unpaired) electrons. The maximum atomic E-state index is 12.4. The Bertz CT molecular complexity index is 608. The van der Waals surface area contributed by atoms with Crippen molar-refractivity contribution in [2.45, 2.75) is 26.3 Å². The summed E-state index contributed by atoms with van der Waals surface area (Å²) in [6.45, 7) is 4.06. The summed E-state index contributed by atoms with van der Waals surface area (Å²) in [5, 5.41) is 0. The number of aryl methyl sites for hydroxylation is 2. The molecule has 3 nitrogen and oxygen atoms in total. The van der Waals surface area contributed by atoms with Gasteiger partial charge in [0.05, 0.1) is 0 Å². The summed E-state index contributed by atoms with van der Waals surface area (Å²) in [6, 6.07) is 15.6. The SMILES string of the molecule is Cc1cc(C)cc(N(C)C(=O)CC(N)c2ccccc2)c1.Cl. The molecular weight excluding hydrogens is 296 g/mol. The maximum Gasteiger partial charge on any atom is 0.228 e. The zero-order valence-electron chi connectivity index (χ0n) is 13.2. The first-order chi connectivity index (χ1) is 9.97. The van der Waals surface area contributed by atoms with Gasteiger partial charge < -0.3 is 10.6 Å². The summed E-state index contributed by atoms with van der Waals surface area (Å²) < 4.78 is 0. The average molecular weight is 319 g/mol. The predicted octanol–water partition coefficient (Wildman–Crippen LogP) is 3.78. The van der Waals surface area contributed by atoms with E-state index < -0.39 is 0 Å². The Morgan fingerprint density at radius 2 is 1.64 bits per heavy atom. The Hall–Kier alpha value is -1.84. The Kier molecular flexibility index (Phi) is 6.60. The molecule has 0 saturated heterocycles. The number of rotatable bonds is 4. The predicted molar refractivity (Wildman–Crippen MR) is 94.6 cm³/mol. The second-order valence-electron chi connectivity index (χ2n) is 5.52. The summed E-state index contributed by atoms with van der Waals surface area (Å²) in [4.78, 5) is 14.1. The van der Waals surface area contributed by atoms with Crippen LogP contribution in [0, 0.1) is 13.8 Å². The third-order valence-electron chi connectivity index (χ3n) is 3.59. The van der Waals surface area contributed by atoms with E-state index in [9.17, 15) is 4.79 Å². The van der Waals surface area contributed by atoms with Crippen LogP contribution in [0.1, 0.15) is 29.2 Å². The molecule has 0 spiro atoms. The minimum absolute atomic E-state index is 0. The molecule has 2 rings (SSSR count). The molecule has 1 atom stereocenters. The molecule has 4 heteroatoms. The molecule has 0 aliphatic heterocycles. The zero-order chi connectivity index (χ0) is 15.4.